The van der Waals surface area contributed by atoms with Gasteiger partial charge in [0, 0.05) is 37.6 Å². The summed E-state index contributed by atoms with van der Waals surface area (Å²) in [4.78, 5) is 34.5. The Bertz CT molecular complexity index is 1410. The second kappa shape index (κ2) is 13.1. The Balaban J connectivity index is 1.22. The third-order valence-electron chi connectivity index (χ3n) is 8.87. The average Bonchev–Trinajstić information content (AvgIpc) is 3.69. The van der Waals surface area contributed by atoms with Crippen LogP contribution in [0.15, 0.2) is 84.9 Å². The van der Waals surface area contributed by atoms with Gasteiger partial charge in [0.2, 0.25) is 11.8 Å². The van der Waals surface area contributed by atoms with E-state index in [4.69, 9.17) is 17.0 Å². The number of morpholine rings is 1. The molecule has 0 spiro atoms. The van der Waals surface area contributed by atoms with Gasteiger partial charge in [-0.1, -0.05) is 73.5 Å². The van der Waals surface area contributed by atoms with Gasteiger partial charge in [-0.15, -0.1) is 0 Å². The standard InChI is InChI=1S/C34H39N5O3S/c40-31(25-38-24-30(36-33(38)43)27-11-5-2-6-12-27)39(23-26-9-3-1-4-10-26)34(17-7-8-18-34)32(41)35-28-13-15-29(16-14-28)37-19-21-42-22-20-37/h1-6,9-16,30H,7-8,17-25H2,(H,35,41)(H,36,43)/t30-/m1/s1. The van der Waals surface area contributed by atoms with Crippen LogP contribution < -0.4 is 15.5 Å². The number of anilines is 2. The van der Waals surface area contributed by atoms with E-state index in [0.717, 1.165) is 61.6 Å². The van der Waals surface area contributed by atoms with E-state index in [9.17, 15) is 9.59 Å². The number of hydrogen-bond donors (Lipinski definition) is 2. The Kier molecular flexibility index (Phi) is 8.90. The highest BCUT2D eigenvalue weighted by atomic mass is 32.1. The van der Waals surface area contributed by atoms with E-state index in [1.54, 1.807) is 0 Å². The van der Waals surface area contributed by atoms with Gasteiger partial charge in [-0.25, -0.2) is 0 Å². The molecule has 2 amide bonds. The van der Waals surface area contributed by atoms with Crippen molar-refractivity contribution in [2.75, 3.05) is 49.6 Å². The average molecular weight is 598 g/mol. The third kappa shape index (κ3) is 6.53. The molecule has 2 N–H and O–H groups in total. The van der Waals surface area contributed by atoms with Crippen LogP contribution in [0, 0.1) is 0 Å². The first-order valence-corrected chi connectivity index (χ1v) is 15.6. The van der Waals surface area contributed by atoms with Gasteiger partial charge in [0.25, 0.3) is 0 Å². The SMILES string of the molecule is O=C(CN1C[C@H](c2ccccc2)NC1=S)N(Cc1ccccc1)C1(C(=O)Nc2ccc(N3CCOCC3)cc2)CCCC1. The fourth-order valence-electron chi connectivity index (χ4n) is 6.50. The summed E-state index contributed by atoms with van der Waals surface area (Å²) < 4.78 is 5.48. The van der Waals surface area contributed by atoms with Gasteiger partial charge in [0.05, 0.1) is 25.8 Å². The molecule has 9 heteroatoms. The first kappa shape index (κ1) is 29.1. The van der Waals surface area contributed by atoms with E-state index >= 15 is 0 Å². The van der Waals surface area contributed by atoms with Crippen molar-refractivity contribution in [3.05, 3.63) is 96.1 Å². The molecule has 1 saturated carbocycles. The molecule has 6 rings (SSSR count). The number of benzene rings is 3. The molecule has 0 aromatic heterocycles. The van der Waals surface area contributed by atoms with Crippen LogP contribution in [0.25, 0.3) is 0 Å². The molecule has 1 atom stereocenters. The summed E-state index contributed by atoms with van der Waals surface area (Å²) in [5, 5.41) is 7.12. The fourth-order valence-corrected chi connectivity index (χ4v) is 6.78. The van der Waals surface area contributed by atoms with Crippen LogP contribution >= 0.6 is 12.2 Å². The Morgan fingerprint density at radius 1 is 0.930 bits per heavy atom. The van der Waals surface area contributed by atoms with Crippen molar-refractivity contribution >= 4 is 40.5 Å². The van der Waals surface area contributed by atoms with Gasteiger partial charge in [0.1, 0.15) is 5.54 Å². The summed E-state index contributed by atoms with van der Waals surface area (Å²) in [6.45, 7) is 4.22. The quantitative estimate of drug-likeness (QED) is 0.345. The molecule has 3 fully saturated rings. The minimum absolute atomic E-state index is 0.0215. The Labute approximate surface area is 259 Å². The van der Waals surface area contributed by atoms with Gasteiger partial charge in [-0.05, 0) is 60.5 Å². The van der Waals surface area contributed by atoms with Gasteiger partial charge in [0.15, 0.2) is 5.11 Å². The lowest BCUT2D eigenvalue weighted by atomic mass is 9.92. The van der Waals surface area contributed by atoms with Crippen molar-refractivity contribution < 1.29 is 14.3 Å². The van der Waals surface area contributed by atoms with Gasteiger partial charge in [-0.2, -0.15) is 0 Å². The topological polar surface area (TPSA) is 77.2 Å². The minimum Gasteiger partial charge on any atom is -0.378 e. The molecular weight excluding hydrogens is 558 g/mol. The molecule has 3 aromatic rings. The second-order valence-electron chi connectivity index (χ2n) is 11.6. The predicted octanol–water partition coefficient (Wildman–Crippen LogP) is 4.73. The highest BCUT2D eigenvalue weighted by molar-refractivity contribution is 7.80. The number of rotatable bonds is 9. The number of hydrogen-bond acceptors (Lipinski definition) is 5. The normalized spacial score (nSPS) is 19.6. The summed E-state index contributed by atoms with van der Waals surface area (Å²) in [7, 11) is 0. The van der Waals surface area contributed by atoms with Crippen molar-refractivity contribution in [3.8, 4) is 0 Å². The van der Waals surface area contributed by atoms with E-state index < -0.39 is 5.54 Å². The number of thiocarbonyl (C=S) groups is 1. The van der Waals surface area contributed by atoms with Crippen LogP contribution in [-0.4, -0.2) is 71.7 Å². The molecule has 0 unspecified atom stereocenters. The van der Waals surface area contributed by atoms with Crippen molar-refractivity contribution in [2.45, 2.75) is 43.8 Å². The summed E-state index contributed by atoms with van der Waals surface area (Å²) in [5.74, 6) is -0.223. The van der Waals surface area contributed by atoms with Crippen LogP contribution in [-0.2, 0) is 20.9 Å². The molecule has 8 nitrogen and oxygen atoms in total. The highest BCUT2D eigenvalue weighted by Gasteiger charge is 2.49. The van der Waals surface area contributed by atoms with E-state index in [2.05, 4.69) is 27.7 Å². The molecule has 1 aliphatic carbocycles. The van der Waals surface area contributed by atoms with Crippen molar-refractivity contribution in [3.63, 3.8) is 0 Å². The number of amides is 2. The number of ether oxygens (including phenoxy) is 1. The van der Waals surface area contributed by atoms with Crippen LogP contribution in [0.5, 0.6) is 0 Å². The molecule has 43 heavy (non-hydrogen) atoms. The molecule has 0 radical (unpaired) electrons. The molecule has 2 saturated heterocycles. The van der Waals surface area contributed by atoms with Crippen LogP contribution in [0.1, 0.15) is 42.9 Å². The van der Waals surface area contributed by atoms with E-state index in [0.29, 0.717) is 31.0 Å². The highest BCUT2D eigenvalue weighted by Crippen LogP contribution is 2.38. The third-order valence-corrected chi connectivity index (χ3v) is 9.25. The maximum Gasteiger partial charge on any atom is 0.250 e. The number of carbonyl (C=O) groups is 2. The zero-order valence-electron chi connectivity index (χ0n) is 24.4. The van der Waals surface area contributed by atoms with E-state index in [1.165, 1.54) is 0 Å². The lowest BCUT2D eigenvalue weighted by Gasteiger charge is -2.41. The number of carbonyl (C=O) groups excluding carboxylic acids is 2. The minimum atomic E-state index is -0.941. The van der Waals surface area contributed by atoms with Crippen molar-refractivity contribution in [1.29, 1.82) is 0 Å². The number of nitrogens with zero attached hydrogens (tertiary/aromatic N) is 3. The lowest BCUT2D eigenvalue weighted by molar-refractivity contribution is -0.146. The molecule has 3 aliphatic rings. The maximum absolute atomic E-state index is 14.3. The van der Waals surface area contributed by atoms with E-state index in [1.807, 2.05) is 82.6 Å². The summed E-state index contributed by atoms with van der Waals surface area (Å²) in [6, 6.07) is 28.1. The second-order valence-corrected chi connectivity index (χ2v) is 12.0. The molecular formula is C34H39N5O3S. The summed E-state index contributed by atoms with van der Waals surface area (Å²) in [6.07, 6.45) is 3.03. The zero-order chi connectivity index (χ0) is 29.6. The molecule has 2 heterocycles. The maximum atomic E-state index is 14.3. The Morgan fingerprint density at radius 2 is 1.58 bits per heavy atom. The van der Waals surface area contributed by atoms with Crippen molar-refractivity contribution in [2.24, 2.45) is 0 Å². The Hall–Kier alpha value is -3.95. The molecule has 2 aliphatic heterocycles. The Morgan fingerprint density at radius 3 is 2.26 bits per heavy atom. The summed E-state index contributed by atoms with van der Waals surface area (Å²) >= 11 is 5.67. The smallest absolute Gasteiger partial charge is 0.250 e. The largest absolute Gasteiger partial charge is 0.378 e. The van der Waals surface area contributed by atoms with Crippen LogP contribution in [0.2, 0.25) is 0 Å². The van der Waals surface area contributed by atoms with Crippen molar-refractivity contribution in [1.82, 2.24) is 15.1 Å². The van der Waals surface area contributed by atoms with Crippen LogP contribution in [0.4, 0.5) is 11.4 Å². The summed E-state index contributed by atoms with van der Waals surface area (Å²) in [5.41, 5.74) is 3.03. The molecule has 0 bridgehead atoms. The van der Waals surface area contributed by atoms with E-state index in [-0.39, 0.29) is 24.4 Å². The fraction of sp³-hybridized carbons (Fsp3) is 0.382. The molecule has 224 valence electrons. The van der Waals surface area contributed by atoms with Gasteiger partial charge in [-0.3, -0.25) is 9.59 Å². The first-order chi connectivity index (χ1) is 21.0. The lowest BCUT2D eigenvalue weighted by Crippen LogP contribution is -2.59. The zero-order valence-corrected chi connectivity index (χ0v) is 25.2. The molecule has 3 aromatic carbocycles. The first-order valence-electron chi connectivity index (χ1n) is 15.2. The number of nitrogens with one attached hydrogen (secondary N) is 2. The van der Waals surface area contributed by atoms with Crippen LogP contribution in [0.3, 0.4) is 0 Å². The van der Waals surface area contributed by atoms with Gasteiger partial charge >= 0.3 is 0 Å². The monoisotopic (exact) mass is 597 g/mol. The van der Waals surface area contributed by atoms with Gasteiger partial charge < -0.3 is 30.1 Å². The predicted molar refractivity (Wildman–Crippen MR) is 173 cm³/mol.